The molecular weight excluding hydrogens is 396 g/mol. The highest BCUT2D eigenvalue weighted by Crippen LogP contribution is 2.71. The standard InChI is InChI=1S/C22H22ClF2N3O/c1-12-9-26-13(2)18-14(10-27-19(12)18)20(29)28-8-7-21(17(11-28)22(21,24)25)15-5-3-4-6-16(15)23/h3-6,9-10,13,17,26-27H,7-8,11H2,1-2H3. The summed E-state index contributed by atoms with van der Waals surface area (Å²) in [6, 6.07) is 6.82. The molecule has 1 aromatic carbocycles. The minimum absolute atomic E-state index is 0.0201. The van der Waals surface area contributed by atoms with E-state index in [0.717, 1.165) is 16.8 Å². The van der Waals surface area contributed by atoms with E-state index < -0.39 is 17.3 Å². The predicted octanol–water partition coefficient (Wildman–Crippen LogP) is 4.74. The fourth-order valence-corrected chi connectivity index (χ4v) is 5.54. The van der Waals surface area contributed by atoms with E-state index >= 15 is 0 Å². The maximum atomic E-state index is 15.0. The van der Waals surface area contributed by atoms with Gasteiger partial charge in [0.1, 0.15) is 0 Å². The van der Waals surface area contributed by atoms with Gasteiger partial charge in [-0.1, -0.05) is 29.8 Å². The number of halogens is 3. The Hall–Kier alpha value is -2.34. The second kappa shape index (κ2) is 6.08. The van der Waals surface area contributed by atoms with Gasteiger partial charge in [-0.05, 0) is 37.5 Å². The number of benzene rings is 1. The van der Waals surface area contributed by atoms with Crippen molar-refractivity contribution < 1.29 is 13.6 Å². The van der Waals surface area contributed by atoms with Crippen LogP contribution in [-0.2, 0) is 5.41 Å². The minimum atomic E-state index is -2.86. The normalized spacial score (nSPS) is 29.4. The van der Waals surface area contributed by atoms with Gasteiger partial charge >= 0.3 is 0 Å². The molecule has 1 amide bonds. The van der Waals surface area contributed by atoms with Crippen LogP contribution in [0.3, 0.4) is 0 Å². The average Bonchev–Trinajstić information content (AvgIpc) is 3.02. The number of nitrogens with zero attached hydrogens (tertiary/aromatic N) is 1. The van der Waals surface area contributed by atoms with Crippen molar-refractivity contribution in [2.45, 2.75) is 37.6 Å². The number of hydrogen-bond acceptors (Lipinski definition) is 2. The summed E-state index contributed by atoms with van der Waals surface area (Å²) >= 11 is 6.26. The Morgan fingerprint density at radius 3 is 2.79 bits per heavy atom. The number of allylic oxidation sites excluding steroid dienone is 1. The van der Waals surface area contributed by atoms with Crippen LogP contribution in [-0.4, -0.2) is 34.8 Å². The number of fused-ring (bicyclic) bond motifs is 2. The lowest BCUT2D eigenvalue weighted by atomic mass is 9.86. The van der Waals surface area contributed by atoms with E-state index in [9.17, 15) is 13.6 Å². The second-order valence-corrected chi connectivity index (χ2v) is 8.74. The van der Waals surface area contributed by atoms with Gasteiger partial charge in [-0.15, -0.1) is 0 Å². The Labute approximate surface area is 172 Å². The van der Waals surface area contributed by atoms with Crippen molar-refractivity contribution >= 4 is 23.1 Å². The van der Waals surface area contributed by atoms with Gasteiger partial charge < -0.3 is 15.2 Å². The van der Waals surface area contributed by atoms with Crippen LogP contribution in [0.4, 0.5) is 8.78 Å². The average molecular weight is 418 g/mol. The summed E-state index contributed by atoms with van der Waals surface area (Å²) in [7, 11) is 0. The van der Waals surface area contributed by atoms with Crippen molar-refractivity contribution in [2.24, 2.45) is 5.92 Å². The summed E-state index contributed by atoms with van der Waals surface area (Å²) in [6.07, 6.45) is 3.83. The first-order valence-electron chi connectivity index (χ1n) is 9.85. The largest absolute Gasteiger partial charge is 0.384 e. The molecule has 0 spiro atoms. The number of aromatic amines is 1. The number of H-pyrrole nitrogens is 1. The third-order valence-electron chi connectivity index (χ3n) is 6.89. The zero-order valence-electron chi connectivity index (χ0n) is 16.2. The zero-order chi connectivity index (χ0) is 20.6. The highest BCUT2D eigenvalue weighted by Gasteiger charge is 2.82. The van der Waals surface area contributed by atoms with E-state index in [1.165, 1.54) is 0 Å². The second-order valence-electron chi connectivity index (χ2n) is 8.33. The summed E-state index contributed by atoms with van der Waals surface area (Å²) in [5, 5.41) is 3.62. The van der Waals surface area contributed by atoms with E-state index in [-0.39, 0.29) is 31.5 Å². The first-order chi connectivity index (χ1) is 13.8. The molecule has 2 fully saturated rings. The highest BCUT2D eigenvalue weighted by molar-refractivity contribution is 6.31. The van der Waals surface area contributed by atoms with Crippen LogP contribution in [0.2, 0.25) is 5.02 Å². The molecule has 4 nitrogen and oxygen atoms in total. The molecule has 3 atom stereocenters. The van der Waals surface area contributed by atoms with E-state index in [1.807, 2.05) is 20.0 Å². The summed E-state index contributed by atoms with van der Waals surface area (Å²) in [5.41, 5.74) is 2.65. The number of alkyl halides is 2. The number of carbonyl (C=O) groups is 1. The smallest absolute Gasteiger partial charge is 0.263 e. The van der Waals surface area contributed by atoms with Crippen LogP contribution in [0.5, 0.6) is 0 Å². The van der Waals surface area contributed by atoms with Gasteiger partial charge in [0.05, 0.1) is 22.9 Å². The molecule has 1 saturated heterocycles. The van der Waals surface area contributed by atoms with Crippen LogP contribution in [0, 0.1) is 5.92 Å². The molecule has 0 bridgehead atoms. The first kappa shape index (κ1) is 18.7. The summed E-state index contributed by atoms with van der Waals surface area (Å²) in [6.45, 7) is 4.27. The van der Waals surface area contributed by atoms with Gasteiger partial charge in [0.15, 0.2) is 0 Å². The first-order valence-corrected chi connectivity index (χ1v) is 10.2. The molecule has 7 heteroatoms. The van der Waals surface area contributed by atoms with Crippen LogP contribution in [0.15, 0.2) is 36.7 Å². The lowest BCUT2D eigenvalue weighted by Gasteiger charge is -2.31. The van der Waals surface area contributed by atoms with Gasteiger partial charge in [0.25, 0.3) is 11.8 Å². The van der Waals surface area contributed by atoms with Gasteiger partial charge in [-0.2, -0.15) is 0 Å². The maximum Gasteiger partial charge on any atom is 0.263 e. The SMILES string of the molecule is CC1=CNC(C)c2c(C(=O)N3CCC4(c5ccccc5Cl)C(C3)C4(F)F)c[nH]c21. The number of amides is 1. The van der Waals surface area contributed by atoms with Crippen LogP contribution in [0.1, 0.15) is 53.5 Å². The summed E-state index contributed by atoms with van der Waals surface area (Å²) in [5.74, 6) is -3.96. The van der Waals surface area contributed by atoms with Crippen molar-refractivity contribution in [2.75, 3.05) is 13.1 Å². The molecule has 2 aliphatic heterocycles. The molecular formula is C22H22ClF2N3O. The Morgan fingerprint density at radius 2 is 2.07 bits per heavy atom. The predicted molar refractivity (Wildman–Crippen MR) is 108 cm³/mol. The monoisotopic (exact) mass is 417 g/mol. The molecule has 2 aromatic rings. The molecule has 1 aliphatic carbocycles. The fraction of sp³-hybridized carbons (Fsp3) is 0.409. The van der Waals surface area contributed by atoms with Crippen molar-refractivity contribution in [3.05, 3.63) is 64.1 Å². The molecule has 1 aromatic heterocycles. The molecule has 3 unspecified atom stereocenters. The van der Waals surface area contributed by atoms with Gasteiger partial charge in [-0.3, -0.25) is 4.79 Å². The van der Waals surface area contributed by atoms with Crippen molar-refractivity contribution in [3.8, 4) is 0 Å². The quantitative estimate of drug-likeness (QED) is 0.741. The lowest BCUT2D eigenvalue weighted by Crippen LogP contribution is -2.41. The lowest BCUT2D eigenvalue weighted by molar-refractivity contribution is 0.0688. The van der Waals surface area contributed by atoms with Gasteiger partial charge in [0, 0.05) is 41.8 Å². The Kier molecular flexibility index (Phi) is 3.92. The molecule has 152 valence electrons. The number of likely N-dealkylation sites (tertiary alicyclic amines) is 1. The maximum absolute atomic E-state index is 15.0. The van der Waals surface area contributed by atoms with Crippen molar-refractivity contribution in [3.63, 3.8) is 0 Å². The Balaban J connectivity index is 1.44. The number of aromatic nitrogens is 1. The zero-order valence-corrected chi connectivity index (χ0v) is 17.0. The minimum Gasteiger partial charge on any atom is -0.384 e. The molecule has 3 heterocycles. The van der Waals surface area contributed by atoms with E-state index in [0.29, 0.717) is 16.1 Å². The fourth-order valence-electron chi connectivity index (χ4n) is 5.24. The van der Waals surface area contributed by atoms with E-state index in [1.54, 1.807) is 35.4 Å². The molecule has 5 rings (SSSR count). The van der Waals surface area contributed by atoms with Crippen LogP contribution in [0.25, 0.3) is 5.57 Å². The Bertz CT molecular complexity index is 1050. The molecule has 29 heavy (non-hydrogen) atoms. The molecule has 1 saturated carbocycles. The topological polar surface area (TPSA) is 48.1 Å². The molecule has 0 radical (unpaired) electrons. The van der Waals surface area contributed by atoms with Crippen molar-refractivity contribution in [1.82, 2.24) is 15.2 Å². The third-order valence-corrected chi connectivity index (χ3v) is 7.22. The third kappa shape index (κ3) is 2.38. The highest BCUT2D eigenvalue weighted by atomic mass is 35.5. The van der Waals surface area contributed by atoms with E-state index in [4.69, 9.17) is 11.6 Å². The van der Waals surface area contributed by atoms with E-state index in [2.05, 4.69) is 10.3 Å². The summed E-state index contributed by atoms with van der Waals surface area (Å²) < 4.78 is 29.9. The molecule has 2 N–H and O–H groups in total. The molecule has 3 aliphatic rings. The summed E-state index contributed by atoms with van der Waals surface area (Å²) in [4.78, 5) is 18.0. The number of carbonyl (C=O) groups excluding carboxylic acids is 1. The Morgan fingerprint density at radius 1 is 1.31 bits per heavy atom. The number of rotatable bonds is 2. The van der Waals surface area contributed by atoms with Gasteiger partial charge in [-0.25, -0.2) is 8.78 Å². The van der Waals surface area contributed by atoms with Crippen LogP contribution < -0.4 is 5.32 Å². The number of nitrogens with one attached hydrogen (secondary N) is 2. The van der Waals surface area contributed by atoms with Gasteiger partial charge in [0.2, 0.25) is 0 Å². The van der Waals surface area contributed by atoms with Crippen molar-refractivity contribution in [1.29, 1.82) is 0 Å². The number of piperidine rings is 1. The number of hydrogen-bond donors (Lipinski definition) is 2. The van der Waals surface area contributed by atoms with Crippen LogP contribution >= 0.6 is 11.6 Å².